The highest BCUT2D eigenvalue weighted by atomic mass is 32.2. The van der Waals surface area contributed by atoms with Crippen molar-refractivity contribution in [2.24, 2.45) is 0 Å². The van der Waals surface area contributed by atoms with Crippen molar-refractivity contribution in [3.05, 3.63) is 71.3 Å². The van der Waals surface area contributed by atoms with Gasteiger partial charge in [-0.15, -0.1) is 9.79 Å². The Morgan fingerprint density at radius 2 is 0.960 bits per heavy atom. The highest BCUT2D eigenvalue weighted by molar-refractivity contribution is 8.00. The van der Waals surface area contributed by atoms with Gasteiger partial charge in [-0.25, -0.2) is 0 Å². The van der Waals surface area contributed by atoms with Gasteiger partial charge in [0.05, 0.1) is 0 Å². The maximum Gasteiger partial charge on any atom is 0.692 e. The molecular weight excluding hydrogens is 405 g/mol. The summed E-state index contributed by atoms with van der Waals surface area (Å²) in [4.78, 5) is 22.6. The molecule has 3 rings (SSSR count). The Hall–Kier alpha value is -1.62. The predicted molar refractivity (Wildman–Crippen MR) is 108 cm³/mol. The first-order valence-corrected chi connectivity index (χ1v) is 10.1. The van der Waals surface area contributed by atoms with Gasteiger partial charge in [0.25, 0.3) is 6.47 Å². The zero-order valence-corrected chi connectivity index (χ0v) is 16.2. The van der Waals surface area contributed by atoms with Gasteiger partial charge in [0.2, 0.25) is 0 Å². The number of rotatable bonds is 0. The highest BCUT2D eigenvalue weighted by Crippen LogP contribution is 2.00. The molecule has 0 fully saturated rings. The minimum absolute atomic E-state index is 0.250. The van der Waals surface area contributed by atoms with Crippen LogP contribution in [0.4, 0.5) is 0 Å². The number of carbonyl (C=O) groups is 1. The van der Waals surface area contributed by atoms with Crippen molar-refractivity contribution in [1.82, 2.24) is 14.2 Å². The van der Waals surface area contributed by atoms with Crippen LogP contribution in [0.1, 0.15) is 0 Å². The first-order valence-electron chi connectivity index (χ1n) is 6.26. The number of nitrogens with one attached hydrogen (secondary N) is 3. The van der Waals surface area contributed by atoms with Crippen molar-refractivity contribution in [3.8, 4) is 0 Å². The van der Waals surface area contributed by atoms with Gasteiger partial charge in [0, 0.05) is 23.2 Å². The lowest BCUT2D eigenvalue weighted by molar-refractivity contribution is -0.122. The number of carboxylic acid groups (broad SMARTS) is 1. The van der Waals surface area contributed by atoms with Crippen LogP contribution in [0, 0.1) is 0 Å². The van der Waals surface area contributed by atoms with Crippen LogP contribution in [0.25, 0.3) is 0 Å². The van der Waals surface area contributed by atoms with E-state index in [0.29, 0.717) is 0 Å². The van der Waals surface area contributed by atoms with E-state index >= 15 is 0 Å². The first-order chi connectivity index (χ1) is 12.1. The Bertz CT molecular complexity index is 414. The Balaban J connectivity index is 0. The zero-order valence-electron chi connectivity index (χ0n) is 12.8. The van der Waals surface area contributed by atoms with E-state index in [2.05, 4.69) is 14.2 Å². The van der Waals surface area contributed by atoms with Gasteiger partial charge in [-0.2, -0.15) is 0 Å². The molecule has 0 spiro atoms. The molecule has 3 aliphatic rings. The topological polar surface area (TPSA) is 131 Å². The number of hydrogen-bond donors (Lipinski definition) is 6. The summed E-state index contributed by atoms with van der Waals surface area (Å²) < 4.78 is 17.5. The van der Waals surface area contributed by atoms with Crippen LogP contribution in [-0.4, -0.2) is 21.4 Å². The van der Waals surface area contributed by atoms with Gasteiger partial charge in [0.15, 0.2) is 0 Å². The highest BCUT2D eigenvalue weighted by Gasteiger charge is 1.93. The van der Waals surface area contributed by atoms with E-state index in [1.807, 2.05) is 71.3 Å². The summed E-state index contributed by atoms with van der Waals surface area (Å²) in [6, 6.07) is 0. The summed E-state index contributed by atoms with van der Waals surface area (Å²) in [5.74, 6) is 0. The molecule has 0 unspecified atom stereocenters. The molecule has 0 saturated carbocycles. The van der Waals surface area contributed by atoms with Crippen LogP contribution in [0.2, 0.25) is 0 Å². The lowest BCUT2D eigenvalue weighted by Crippen LogP contribution is -1.88. The molecule has 0 amide bonds. The molecule has 0 saturated heterocycles. The second-order valence-electron chi connectivity index (χ2n) is 3.13. The Morgan fingerprint density at radius 3 is 1.00 bits per heavy atom. The quantitative estimate of drug-likeness (QED) is 0.195. The van der Waals surface area contributed by atoms with Crippen LogP contribution in [0.5, 0.6) is 0 Å². The minimum atomic E-state index is -2.87. The molecule has 138 valence electrons. The summed E-state index contributed by atoms with van der Waals surface area (Å²) in [6.45, 7) is -0.250. The molecule has 0 aromatic carbocycles. The van der Waals surface area contributed by atoms with Gasteiger partial charge in [-0.1, -0.05) is 18.2 Å². The third-order valence-electron chi connectivity index (χ3n) is 1.47. The lowest BCUT2D eigenvalue weighted by Gasteiger charge is -1.93. The lowest BCUT2D eigenvalue weighted by atomic mass is 10.6. The van der Waals surface area contributed by atoms with E-state index < -0.39 is 8.25 Å². The van der Waals surface area contributed by atoms with Crippen LogP contribution in [0.3, 0.4) is 0 Å². The maximum absolute atomic E-state index is 8.70. The van der Waals surface area contributed by atoms with Crippen molar-refractivity contribution < 1.29 is 24.3 Å². The predicted octanol–water partition coefficient (Wildman–Crippen LogP) is 3.12. The molecule has 25 heavy (non-hydrogen) atoms. The molecule has 0 aliphatic carbocycles. The van der Waals surface area contributed by atoms with E-state index in [1.54, 1.807) is 35.8 Å². The fourth-order valence-electron chi connectivity index (χ4n) is 0.774. The van der Waals surface area contributed by atoms with Crippen LogP contribution in [-0.2, 0) is 9.36 Å². The number of hydrogen-bond acceptors (Lipinski definition) is 8. The standard InChI is InChI=1S/3C4H5NS.CH2O2.HO3P/c3*1-2-4-6-5-3-1;2-1-3;1-4(2)3/h3*1-5H;1H,(H,2,3);(H-,1,2,3)/p+1. The minimum Gasteiger partial charge on any atom is -0.483 e. The van der Waals surface area contributed by atoms with Crippen molar-refractivity contribution in [2.75, 3.05) is 0 Å². The summed E-state index contributed by atoms with van der Waals surface area (Å²) >= 11 is 4.73. The molecule has 0 aromatic heterocycles. The summed E-state index contributed by atoms with van der Waals surface area (Å²) in [5.41, 5.74) is 0. The third-order valence-corrected chi connectivity index (χ3v) is 3.17. The van der Waals surface area contributed by atoms with Crippen molar-refractivity contribution in [3.63, 3.8) is 0 Å². The van der Waals surface area contributed by atoms with E-state index in [-0.39, 0.29) is 6.47 Å². The van der Waals surface area contributed by atoms with E-state index in [4.69, 9.17) is 24.3 Å². The smallest absolute Gasteiger partial charge is 0.483 e. The van der Waals surface area contributed by atoms with E-state index in [0.717, 1.165) is 0 Å². The van der Waals surface area contributed by atoms with Gasteiger partial charge in [-0.3, -0.25) is 4.79 Å². The van der Waals surface area contributed by atoms with E-state index in [9.17, 15) is 0 Å². The van der Waals surface area contributed by atoms with Gasteiger partial charge < -0.3 is 19.3 Å². The molecule has 0 atom stereocenters. The fraction of sp³-hybridized carbons (Fsp3) is 0. The molecule has 3 heterocycles. The van der Waals surface area contributed by atoms with Gasteiger partial charge in [-0.05, 0) is 70.3 Å². The van der Waals surface area contributed by atoms with Crippen molar-refractivity contribution in [1.29, 1.82) is 0 Å². The molecular formula is C13H19N3O5PS3+. The average molecular weight is 424 g/mol. The Labute approximate surface area is 160 Å². The summed E-state index contributed by atoms with van der Waals surface area (Å²) in [7, 11) is -2.87. The maximum atomic E-state index is 8.70. The monoisotopic (exact) mass is 424 g/mol. The average Bonchev–Trinajstić information content (AvgIpc) is 2.67. The molecule has 8 nitrogen and oxygen atoms in total. The molecule has 6 N–H and O–H groups in total. The number of allylic oxidation sites excluding steroid dienone is 6. The van der Waals surface area contributed by atoms with Crippen LogP contribution in [0.15, 0.2) is 71.3 Å². The van der Waals surface area contributed by atoms with Gasteiger partial charge >= 0.3 is 8.25 Å². The second-order valence-corrected chi connectivity index (χ2v) is 5.86. The molecule has 0 radical (unpaired) electrons. The first kappa shape index (κ1) is 25.6. The Kier molecular flexibility index (Phi) is 25.2. The van der Waals surface area contributed by atoms with Crippen molar-refractivity contribution in [2.45, 2.75) is 0 Å². The van der Waals surface area contributed by atoms with Crippen LogP contribution < -0.4 is 14.2 Å². The summed E-state index contributed by atoms with van der Waals surface area (Å²) in [5, 5.41) is 12.8. The summed E-state index contributed by atoms with van der Waals surface area (Å²) in [6.07, 6.45) is 17.5. The van der Waals surface area contributed by atoms with Crippen LogP contribution >= 0.6 is 44.1 Å². The molecule has 3 aliphatic heterocycles. The van der Waals surface area contributed by atoms with Crippen molar-refractivity contribution >= 4 is 50.6 Å². The Morgan fingerprint density at radius 1 is 0.720 bits per heavy atom. The van der Waals surface area contributed by atoms with E-state index in [1.165, 1.54) is 0 Å². The molecule has 0 bridgehead atoms. The normalized spacial score (nSPS) is 14.0. The molecule has 0 aromatic rings. The fourth-order valence-corrected chi connectivity index (χ4v) is 1.99. The second kappa shape index (κ2) is 24.6. The third kappa shape index (κ3) is 34.6. The SMILES string of the molecule is C1=CNSC=C1.C1=CNSC=C1.C1=CNSC=C1.O=CO.O=[P+](O)O. The van der Waals surface area contributed by atoms with Gasteiger partial charge in [0.1, 0.15) is 0 Å². The largest absolute Gasteiger partial charge is 0.692 e. The zero-order chi connectivity index (χ0) is 19.0. The molecule has 12 heteroatoms.